The van der Waals surface area contributed by atoms with Crippen molar-refractivity contribution < 1.29 is 19.1 Å². The van der Waals surface area contributed by atoms with Crippen molar-refractivity contribution in [1.82, 2.24) is 14.7 Å². The number of carbonyl (C=O) groups is 2. The molecule has 2 rings (SSSR count). The number of methoxy groups -OCH3 is 2. The van der Waals surface area contributed by atoms with E-state index in [4.69, 9.17) is 9.47 Å². The highest BCUT2D eigenvalue weighted by Gasteiger charge is 2.30. The summed E-state index contributed by atoms with van der Waals surface area (Å²) in [6.07, 6.45) is 1.41. The zero-order valence-electron chi connectivity index (χ0n) is 17.7. The molecule has 1 fully saturated rings. The normalized spacial score (nSPS) is 14.5. The minimum Gasteiger partial charge on any atom is -0.497 e. The molecule has 0 spiro atoms. The van der Waals surface area contributed by atoms with Gasteiger partial charge in [0, 0.05) is 57.3 Å². The third-order valence-electron chi connectivity index (χ3n) is 5.43. The van der Waals surface area contributed by atoms with Crippen molar-refractivity contribution in [3.8, 4) is 11.5 Å². The number of amides is 3. The second kappa shape index (κ2) is 10.2. The van der Waals surface area contributed by atoms with E-state index in [2.05, 4.69) is 0 Å². The minimum atomic E-state index is -0.0463. The Morgan fingerprint density at radius 2 is 1.75 bits per heavy atom. The molecule has 1 aromatic carbocycles. The number of hydrogen-bond acceptors (Lipinski definition) is 4. The lowest BCUT2D eigenvalue weighted by atomic mass is 9.95. The zero-order chi connectivity index (χ0) is 20.7. The van der Waals surface area contributed by atoms with Crippen LogP contribution in [0.2, 0.25) is 0 Å². The summed E-state index contributed by atoms with van der Waals surface area (Å²) in [5.41, 5.74) is 0.938. The summed E-state index contributed by atoms with van der Waals surface area (Å²) in [5, 5.41) is 0. The second-order valence-electron chi connectivity index (χ2n) is 7.09. The van der Waals surface area contributed by atoms with Crippen LogP contribution in [0.4, 0.5) is 4.79 Å². The van der Waals surface area contributed by atoms with Gasteiger partial charge >= 0.3 is 6.03 Å². The summed E-state index contributed by atoms with van der Waals surface area (Å²) in [5.74, 6) is 1.50. The van der Waals surface area contributed by atoms with Gasteiger partial charge in [0.1, 0.15) is 11.5 Å². The number of ether oxygens (including phenoxy) is 2. The molecule has 28 heavy (non-hydrogen) atoms. The van der Waals surface area contributed by atoms with Gasteiger partial charge in [-0.25, -0.2) is 4.79 Å². The van der Waals surface area contributed by atoms with Gasteiger partial charge in [-0.15, -0.1) is 0 Å². The molecule has 0 aromatic heterocycles. The fraction of sp³-hybridized carbons (Fsp3) is 0.619. The Hall–Kier alpha value is -2.44. The van der Waals surface area contributed by atoms with E-state index in [0.717, 1.165) is 11.3 Å². The molecular formula is C21H33N3O4. The smallest absolute Gasteiger partial charge is 0.319 e. The van der Waals surface area contributed by atoms with Crippen molar-refractivity contribution in [2.45, 2.75) is 33.2 Å². The lowest BCUT2D eigenvalue weighted by Crippen LogP contribution is -2.48. The number of likely N-dealkylation sites (tertiary alicyclic amines) is 1. The Balaban J connectivity index is 1.94. The molecular weight excluding hydrogens is 358 g/mol. The molecule has 1 aromatic rings. The summed E-state index contributed by atoms with van der Waals surface area (Å²) >= 11 is 0. The Labute approximate surface area is 168 Å². The number of carbonyl (C=O) groups excluding carboxylic acids is 2. The number of piperidine rings is 1. The summed E-state index contributed by atoms with van der Waals surface area (Å²) in [4.78, 5) is 30.8. The molecule has 0 atom stereocenters. The molecule has 1 saturated heterocycles. The summed E-state index contributed by atoms with van der Waals surface area (Å²) in [6.45, 7) is 7.13. The molecule has 0 N–H and O–H groups in total. The molecule has 1 aliphatic rings. The third kappa shape index (κ3) is 5.09. The van der Waals surface area contributed by atoms with Gasteiger partial charge in [0.05, 0.1) is 14.2 Å². The number of rotatable bonds is 7. The van der Waals surface area contributed by atoms with Crippen LogP contribution >= 0.6 is 0 Å². The number of benzene rings is 1. The lowest BCUT2D eigenvalue weighted by Gasteiger charge is -2.36. The highest BCUT2D eigenvalue weighted by Crippen LogP contribution is 2.27. The summed E-state index contributed by atoms with van der Waals surface area (Å²) in [6, 6.07) is 5.69. The van der Waals surface area contributed by atoms with Crippen molar-refractivity contribution >= 4 is 11.9 Å². The highest BCUT2D eigenvalue weighted by molar-refractivity contribution is 5.79. The maximum absolute atomic E-state index is 12.9. The second-order valence-corrected chi connectivity index (χ2v) is 7.09. The number of hydrogen-bond donors (Lipinski definition) is 0. The van der Waals surface area contributed by atoms with Crippen molar-refractivity contribution in [3.63, 3.8) is 0 Å². The molecule has 1 aliphatic heterocycles. The average Bonchev–Trinajstić information content (AvgIpc) is 2.74. The van der Waals surface area contributed by atoms with Gasteiger partial charge in [0.25, 0.3) is 0 Å². The zero-order valence-corrected chi connectivity index (χ0v) is 17.7. The SMILES string of the molecule is CCN(CC)C(=O)N1CCC(C(=O)N(C)Cc2ccc(OC)cc2OC)CC1. The first kappa shape index (κ1) is 21.9. The van der Waals surface area contributed by atoms with E-state index in [1.165, 1.54) is 0 Å². The van der Waals surface area contributed by atoms with Gasteiger partial charge in [0.15, 0.2) is 0 Å². The van der Waals surface area contributed by atoms with E-state index in [1.807, 2.05) is 48.9 Å². The van der Waals surface area contributed by atoms with Crippen LogP contribution in [0.5, 0.6) is 11.5 Å². The molecule has 0 aliphatic carbocycles. The molecule has 3 amide bonds. The number of nitrogens with zero attached hydrogens (tertiary/aromatic N) is 3. The first-order chi connectivity index (χ1) is 13.4. The molecule has 0 unspecified atom stereocenters. The van der Waals surface area contributed by atoms with E-state index in [0.29, 0.717) is 51.3 Å². The van der Waals surface area contributed by atoms with Gasteiger partial charge in [-0.2, -0.15) is 0 Å². The predicted molar refractivity (Wildman–Crippen MR) is 109 cm³/mol. The van der Waals surface area contributed by atoms with Crippen molar-refractivity contribution in [3.05, 3.63) is 23.8 Å². The molecule has 7 heteroatoms. The van der Waals surface area contributed by atoms with Crippen LogP contribution in [0.15, 0.2) is 18.2 Å². The van der Waals surface area contributed by atoms with Crippen LogP contribution in [-0.2, 0) is 11.3 Å². The molecule has 1 heterocycles. The highest BCUT2D eigenvalue weighted by atomic mass is 16.5. The first-order valence-electron chi connectivity index (χ1n) is 9.94. The molecule has 0 bridgehead atoms. The van der Waals surface area contributed by atoms with Gasteiger partial charge in [-0.1, -0.05) is 0 Å². The minimum absolute atomic E-state index is 0.0463. The molecule has 7 nitrogen and oxygen atoms in total. The van der Waals surface area contributed by atoms with E-state index in [-0.39, 0.29) is 17.9 Å². The largest absolute Gasteiger partial charge is 0.497 e. The molecule has 156 valence electrons. The fourth-order valence-electron chi connectivity index (χ4n) is 3.64. The quantitative estimate of drug-likeness (QED) is 0.717. The van der Waals surface area contributed by atoms with Crippen LogP contribution in [0.3, 0.4) is 0 Å². The topological polar surface area (TPSA) is 62.3 Å². The maximum Gasteiger partial charge on any atom is 0.319 e. The summed E-state index contributed by atoms with van der Waals surface area (Å²) in [7, 11) is 5.05. The van der Waals surface area contributed by atoms with Gasteiger partial charge in [-0.3, -0.25) is 4.79 Å². The van der Waals surface area contributed by atoms with E-state index in [9.17, 15) is 9.59 Å². The van der Waals surface area contributed by atoms with Crippen LogP contribution in [0, 0.1) is 5.92 Å². The molecule has 0 saturated carbocycles. The Kier molecular flexibility index (Phi) is 7.96. The predicted octanol–water partition coefficient (Wildman–Crippen LogP) is 2.84. The fourth-order valence-corrected chi connectivity index (χ4v) is 3.64. The Bertz CT molecular complexity index is 668. The van der Waals surface area contributed by atoms with E-state index < -0.39 is 0 Å². The number of urea groups is 1. The van der Waals surface area contributed by atoms with Gasteiger partial charge in [0.2, 0.25) is 5.91 Å². The van der Waals surface area contributed by atoms with Gasteiger partial charge in [-0.05, 0) is 38.8 Å². The maximum atomic E-state index is 12.9. The standard InChI is InChI=1S/C21H33N3O4/c1-6-23(7-2)21(26)24-12-10-16(11-13-24)20(25)22(3)15-17-8-9-18(27-4)14-19(17)28-5/h8-9,14,16H,6-7,10-13,15H2,1-5H3. The van der Waals surface area contributed by atoms with E-state index in [1.54, 1.807) is 19.1 Å². The summed E-state index contributed by atoms with van der Waals surface area (Å²) < 4.78 is 10.7. The van der Waals surface area contributed by atoms with Crippen LogP contribution < -0.4 is 9.47 Å². The lowest BCUT2D eigenvalue weighted by molar-refractivity contribution is -0.136. The van der Waals surface area contributed by atoms with Crippen molar-refractivity contribution in [1.29, 1.82) is 0 Å². The van der Waals surface area contributed by atoms with Crippen LogP contribution in [0.1, 0.15) is 32.3 Å². The monoisotopic (exact) mass is 391 g/mol. The van der Waals surface area contributed by atoms with E-state index >= 15 is 0 Å². The van der Waals surface area contributed by atoms with Crippen LogP contribution in [0.25, 0.3) is 0 Å². The third-order valence-corrected chi connectivity index (χ3v) is 5.43. The van der Waals surface area contributed by atoms with Crippen molar-refractivity contribution in [2.75, 3.05) is 47.4 Å². The van der Waals surface area contributed by atoms with Gasteiger partial charge < -0.3 is 24.2 Å². The Morgan fingerprint density at radius 1 is 1.11 bits per heavy atom. The molecule has 0 radical (unpaired) electrons. The first-order valence-corrected chi connectivity index (χ1v) is 9.94. The average molecular weight is 392 g/mol. The van der Waals surface area contributed by atoms with Crippen LogP contribution in [-0.4, -0.2) is 74.1 Å². The van der Waals surface area contributed by atoms with Crippen molar-refractivity contribution in [2.24, 2.45) is 5.92 Å². The Morgan fingerprint density at radius 3 is 2.29 bits per heavy atom.